The molecular formula is C11H24N2O. The lowest BCUT2D eigenvalue weighted by molar-refractivity contribution is 0.0171. The van der Waals surface area contributed by atoms with Gasteiger partial charge in [-0.15, -0.1) is 0 Å². The average molecular weight is 200 g/mol. The third kappa shape index (κ3) is 5.58. The Balaban J connectivity index is 1.82. The summed E-state index contributed by atoms with van der Waals surface area (Å²) in [6, 6.07) is 0. The molecule has 0 bridgehead atoms. The van der Waals surface area contributed by atoms with Crippen LogP contribution in [0.15, 0.2) is 0 Å². The van der Waals surface area contributed by atoms with Crippen LogP contribution in [0.2, 0.25) is 0 Å². The Labute approximate surface area is 87.6 Å². The van der Waals surface area contributed by atoms with Gasteiger partial charge in [0, 0.05) is 26.2 Å². The molecule has 0 saturated carbocycles. The Hall–Kier alpha value is -0.120. The topological polar surface area (TPSA) is 33.3 Å². The van der Waals surface area contributed by atoms with Crippen LogP contribution >= 0.6 is 0 Å². The molecule has 1 fully saturated rings. The second kappa shape index (κ2) is 8.21. The maximum Gasteiger partial charge on any atom is 0.0699 e. The van der Waals surface area contributed by atoms with E-state index in [9.17, 15) is 0 Å². The number of hydrogen-bond acceptors (Lipinski definition) is 3. The second-order valence-electron chi connectivity index (χ2n) is 3.94. The van der Waals surface area contributed by atoms with Gasteiger partial charge in [0.15, 0.2) is 0 Å². The van der Waals surface area contributed by atoms with Crippen molar-refractivity contribution in [1.29, 1.82) is 0 Å². The Morgan fingerprint density at radius 2 is 2.00 bits per heavy atom. The largest absolute Gasteiger partial charge is 0.377 e. The quantitative estimate of drug-likeness (QED) is 0.605. The molecule has 1 aliphatic rings. The van der Waals surface area contributed by atoms with E-state index in [2.05, 4.69) is 17.6 Å². The maximum atomic E-state index is 5.62. The summed E-state index contributed by atoms with van der Waals surface area (Å²) in [7, 11) is 0. The van der Waals surface area contributed by atoms with Crippen LogP contribution in [0, 0.1) is 0 Å². The smallest absolute Gasteiger partial charge is 0.0699 e. The van der Waals surface area contributed by atoms with E-state index in [1.807, 2.05) is 0 Å². The first-order chi connectivity index (χ1) is 6.93. The van der Waals surface area contributed by atoms with E-state index in [-0.39, 0.29) is 0 Å². The van der Waals surface area contributed by atoms with Crippen LogP contribution in [0.4, 0.5) is 0 Å². The summed E-state index contributed by atoms with van der Waals surface area (Å²) in [6.07, 6.45) is 5.49. The number of rotatable bonds is 7. The summed E-state index contributed by atoms with van der Waals surface area (Å²) in [5.41, 5.74) is 0. The summed E-state index contributed by atoms with van der Waals surface area (Å²) < 4.78 is 5.62. The molecule has 0 aromatic heterocycles. The average Bonchev–Trinajstić information content (AvgIpc) is 2.25. The molecule has 3 nitrogen and oxygen atoms in total. The fourth-order valence-electron chi connectivity index (χ4n) is 1.71. The lowest BCUT2D eigenvalue weighted by Crippen LogP contribution is -2.35. The van der Waals surface area contributed by atoms with Gasteiger partial charge in [-0.1, -0.05) is 6.92 Å². The van der Waals surface area contributed by atoms with Crippen molar-refractivity contribution in [3.05, 3.63) is 0 Å². The SMILES string of the molecule is CCCNCCNCC1CCCCO1. The number of nitrogens with one attached hydrogen (secondary N) is 2. The zero-order chi connectivity index (χ0) is 10.1. The Morgan fingerprint density at radius 3 is 2.71 bits per heavy atom. The molecule has 1 aliphatic heterocycles. The molecule has 1 heterocycles. The van der Waals surface area contributed by atoms with Crippen molar-refractivity contribution in [3.8, 4) is 0 Å². The Bertz CT molecular complexity index is 124. The molecule has 0 aromatic rings. The van der Waals surface area contributed by atoms with E-state index < -0.39 is 0 Å². The minimum atomic E-state index is 0.468. The fraction of sp³-hybridized carbons (Fsp3) is 1.00. The van der Waals surface area contributed by atoms with Crippen LogP contribution in [0.1, 0.15) is 32.6 Å². The molecule has 1 rings (SSSR count). The predicted molar refractivity (Wildman–Crippen MR) is 59.6 cm³/mol. The van der Waals surface area contributed by atoms with Gasteiger partial charge in [0.05, 0.1) is 6.10 Å². The van der Waals surface area contributed by atoms with E-state index >= 15 is 0 Å². The number of hydrogen-bond donors (Lipinski definition) is 2. The highest BCUT2D eigenvalue weighted by Crippen LogP contribution is 2.11. The van der Waals surface area contributed by atoms with Gasteiger partial charge in [-0.05, 0) is 32.2 Å². The molecule has 0 aliphatic carbocycles. The molecular weight excluding hydrogens is 176 g/mol. The van der Waals surface area contributed by atoms with Crippen LogP contribution in [-0.2, 0) is 4.74 Å². The summed E-state index contributed by atoms with van der Waals surface area (Å²) in [4.78, 5) is 0. The highest BCUT2D eigenvalue weighted by molar-refractivity contribution is 4.66. The summed E-state index contributed by atoms with van der Waals surface area (Å²) >= 11 is 0. The van der Waals surface area contributed by atoms with Crippen LogP contribution < -0.4 is 10.6 Å². The fourth-order valence-corrected chi connectivity index (χ4v) is 1.71. The van der Waals surface area contributed by atoms with E-state index in [0.29, 0.717) is 6.10 Å². The van der Waals surface area contributed by atoms with Crippen molar-refractivity contribution in [2.75, 3.05) is 32.8 Å². The highest BCUT2D eigenvalue weighted by atomic mass is 16.5. The molecule has 84 valence electrons. The van der Waals surface area contributed by atoms with Crippen molar-refractivity contribution >= 4 is 0 Å². The van der Waals surface area contributed by atoms with E-state index in [4.69, 9.17) is 4.74 Å². The molecule has 0 aromatic carbocycles. The molecule has 0 radical (unpaired) electrons. The zero-order valence-corrected chi connectivity index (χ0v) is 9.35. The van der Waals surface area contributed by atoms with Gasteiger partial charge >= 0.3 is 0 Å². The Kier molecular flexibility index (Phi) is 7.01. The van der Waals surface area contributed by atoms with Crippen molar-refractivity contribution in [2.45, 2.75) is 38.7 Å². The molecule has 2 N–H and O–H groups in total. The van der Waals surface area contributed by atoms with Gasteiger partial charge in [0.25, 0.3) is 0 Å². The molecule has 3 heteroatoms. The lowest BCUT2D eigenvalue weighted by atomic mass is 10.1. The third-order valence-corrected chi connectivity index (χ3v) is 2.55. The second-order valence-corrected chi connectivity index (χ2v) is 3.94. The van der Waals surface area contributed by atoms with Crippen LogP contribution in [0.5, 0.6) is 0 Å². The lowest BCUT2D eigenvalue weighted by Gasteiger charge is -2.22. The molecule has 1 atom stereocenters. The summed E-state index contributed by atoms with van der Waals surface area (Å²) in [5.74, 6) is 0. The summed E-state index contributed by atoms with van der Waals surface area (Å²) in [5, 5.41) is 6.80. The minimum Gasteiger partial charge on any atom is -0.377 e. The van der Waals surface area contributed by atoms with Crippen molar-refractivity contribution in [2.24, 2.45) is 0 Å². The normalized spacial score (nSPS) is 22.5. The van der Waals surface area contributed by atoms with Gasteiger partial charge in [-0.25, -0.2) is 0 Å². The van der Waals surface area contributed by atoms with Crippen molar-refractivity contribution in [1.82, 2.24) is 10.6 Å². The molecule has 0 amide bonds. The molecule has 1 saturated heterocycles. The van der Waals surface area contributed by atoms with Gasteiger partial charge in [0.2, 0.25) is 0 Å². The number of ether oxygens (including phenoxy) is 1. The Morgan fingerprint density at radius 1 is 1.14 bits per heavy atom. The standard InChI is InChI=1S/C11H24N2O/c1-2-6-12-7-8-13-10-11-5-3-4-9-14-11/h11-13H,2-10H2,1H3. The predicted octanol–water partition coefficient (Wildman–Crippen LogP) is 1.14. The molecule has 14 heavy (non-hydrogen) atoms. The van der Waals surface area contributed by atoms with Gasteiger partial charge in [-0.2, -0.15) is 0 Å². The first-order valence-electron chi connectivity index (χ1n) is 5.96. The van der Waals surface area contributed by atoms with Crippen LogP contribution in [0.25, 0.3) is 0 Å². The monoisotopic (exact) mass is 200 g/mol. The van der Waals surface area contributed by atoms with E-state index in [0.717, 1.165) is 32.8 Å². The highest BCUT2D eigenvalue weighted by Gasteiger charge is 2.12. The van der Waals surface area contributed by atoms with Gasteiger partial charge in [-0.3, -0.25) is 0 Å². The first-order valence-corrected chi connectivity index (χ1v) is 5.96. The van der Waals surface area contributed by atoms with E-state index in [1.54, 1.807) is 0 Å². The first kappa shape index (κ1) is 12.0. The maximum absolute atomic E-state index is 5.62. The molecule has 0 spiro atoms. The van der Waals surface area contributed by atoms with Gasteiger partial charge < -0.3 is 15.4 Å². The summed E-state index contributed by atoms with van der Waals surface area (Å²) in [6.45, 7) is 7.42. The third-order valence-electron chi connectivity index (χ3n) is 2.55. The van der Waals surface area contributed by atoms with Crippen LogP contribution in [0.3, 0.4) is 0 Å². The molecule has 1 unspecified atom stereocenters. The zero-order valence-electron chi connectivity index (χ0n) is 9.35. The van der Waals surface area contributed by atoms with Crippen LogP contribution in [-0.4, -0.2) is 38.9 Å². The van der Waals surface area contributed by atoms with Crippen molar-refractivity contribution in [3.63, 3.8) is 0 Å². The minimum absolute atomic E-state index is 0.468. The van der Waals surface area contributed by atoms with Crippen molar-refractivity contribution < 1.29 is 4.74 Å². The van der Waals surface area contributed by atoms with E-state index in [1.165, 1.54) is 25.7 Å². The van der Waals surface area contributed by atoms with Gasteiger partial charge in [0.1, 0.15) is 0 Å².